The third-order valence-electron chi connectivity index (χ3n) is 4.37. The SMILES string of the molecule is COc1ccc(CN(C)Cn2nc(COc3ccccc3Cl)n(C)c2=S)cc1F. The lowest BCUT2D eigenvalue weighted by Gasteiger charge is -2.16. The Kier molecular flexibility index (Phi) is 6.89. The fraction of sp³-hybridized carbons (Fsp3) is 0.300. The van der Waals surface area contributed by atoms with Crippen molar-refractivity contribution in [3.63, 3.8) is 0 Å². The van der Waals surface area contributed by atoms with Gasteiger partial charge in [0.2, 0.25) is 0 Å². The molecule has 6 nitrogen and oxygen atoms in total. The molecule has 0 N–H and O–H groups in total. The molecule has 0 bridgehead atoms. The molecule has 0 amide bonds. The molecular formula is C20H22ClFN4O2S. The van der Waals surface area contributed by atoms with Crippen molar-refractivity contribution < 1.29 is 13.9 Å². The summed E-state index contributed by atoms with van der Waals surface area (Å²) in [6.45, 7) is 1.22. The minimum atomic E-state index is -0.383. The number of methoxy groups -OCH3 is 1. The molecule has 0 atom stereocenters. The first-order valence-corrected chi connectivity index (χ1v) is 9.68. The molecule has 2 aromatic carbocycles. The smallest absolute Gasteiger partial charge is 0.198 e. The van der Waals surface area contributed by atoms with Gasteiger partial charge in [0.1, 0.15) is 12.4 Å². The van der Waals surface area contributed by atoms with Gasteiger partial charge in [-0.2, -0.15) is 5.10 Å². The van der Waals surface area contributed by atoms with E-state index in [0.29, 0.717) is 34.6 Å². The predicted octanol–water partition coefficient (Wildman–Crippen LogP) is 4.42. The van der Waals surface area contributed by atoms with Gasteiger partial charge in [0, 0.05) is 13.6 Å². The Bertz CT molecular complexity index is 1050. The van der Waals surface area contributed by atoms with Crippen LogP contribution in [-0.2, 0) is 26.9 Å². The molecular weight excluding hydrogens is 415 g/mol. The number of hydrogen-bond donors (Lipinski definition) is 0. The zero-order chi connectivity index (χ0) is 21.0. The Morgan fingerprint density at radius 2 is 1.97 bits per heavy atom. The van der Waals surface area contributed by atoms with Gasteiger partial charge in [-0.25, -0.2) is 9.07 Å². The van der Waals surface area contributed by atoms with E-state index in [9.17, 15) is 4.39 Å². The maximum Gasteiger partial charge on any atom is 0.198 e. The lowest BCUT2D eigenvalue weighted by atomic mass is 10.2. The van der Waals surface area contributed by atoms with Crippen LogP contribution in [0.3, 0.4) is 0 Å². The van der Waals surface area contributed by atoms with Crippen molar-refractivity contribution in [1.82, 2.24) is 19.2 Å². The van der Waals surface area contributed by atoms with Crippen molar-refractivity contribution in [3.05, 3.63) is 69.5 Å². The summed E-state index contributed by atoms with van der Waals surface area (Å²) in [5.74, 6) is 1.12. The predicted molar refractivity (Wildman–Crippen MR) is 112 cm³/mol. The summed E-state index contributed by atoms with van der Waals surface area (Å²) in [5.41, 5.74) is 0.829. The van der Waals surface area contributed by atoms with Crippen LogP contribution in [-0.4, -0.2) is 33.4 Å². The maximum atomic E-state index is 13.9. The van der Waals surface area contributed by atoms with Crippen LogP contribution in [0.15, 0.2) is 42.5 Å². The minimum Gasteiger partial charge on any atom is -0.494 e. The molecule has 154 valence electrons. The quantitative estimate of drug-likeness (QED) is 0.489. The normalized spacial score (nSPS) is 11.1. The standard InChI is InChI=1S/C20H22ClFN4O2S/c1-24(11-14-8-9-18(27-3)16(22)10-14)13-26-20(29)25(2)19(23-26)12-28-17-7-5-4-6-15(17)21/h4-10H,11-13H2,1-3H3. The molecule has 0 unspecified atom stereocenters. The van der Waals surface area contributed by atoms with E-state index in [1.165, 1.54) is 13.2 Å². The largest absolute Gasteiger partial charge is 0.494 e. The van der Waals surface area contributed by atoms with Gasteiger partial charge in [-0.3, -0.25) is 4.90 Å². The van der Waals surface area contributed by atoms with Gasteiger partial charge in [-0.1, -0.05) is 29.8 Å². The Morgan fingerprint density at radius 1 is 1.21 bits per heavy atom. The highest BCUT2D eigenvalue weighted by Crippen LogP contribution is 2.24. The Hall–Kier alpha value is -2.42. The Morgan fingerprint density at radius 3 is 2.66 bits per heavy atom. The van der Waals surface area contributed by atoms with E-state index in [4.69, 9.17) is 33.3 Å². The molecule has 0 fully saturated rings. The summed E-state index contributed by atoms with van der Waals surface area (Å²) in [7, 11) is 5.20. The van der Waals surface area contributed by atoms with Gasteiger partial charge < -0.3 is 14.0 Å². The second-order valence-corrected chi connectivity index (χ2v) is 7.37. The summed E-state index contributed by atoms with van der Waals surface area (Å²) in [6, 6.07) is 12.2. The average Bonchev–Trinajstić information content (AvgIpc) is 2.95. The molecule has 3 rings (SSSR count). The van der Waals surface area contributed by atoms with E-state index in [-0.39, 0.29) is 18.2 Å². The number of hydrogen-bond acceptors (Lipinski definition) is 5. The first-order valence-electron chi connectivity index (χ1n) is 8.90. The van der Waals surface area contributed by atoms with Crippen molar-refractivity contribution in [3.8, 4) is 11.5 Å². The molecule has 0 aliphatic rings. The van der Waals surface area contributed by atoms with Crippen LogP contribution in [0.5, 0.6) is 11.5 Å². The van der Waals surface area contributed by atoms with Gasteiger partial charge in [-0.15, -0.1) is 0 Å². The molecule has 1 heterocycles. The van der Waals surface area contributed by atoms with Crippen LogP contribution in [0.2, 0.25) is 5.02 Å². The molecule has 0 spiro atoms. The van der Waals surface area contributed by atoms with E-state index in [1.807, 2.05) is 37.2 Å². The topological polar surface area (TPSA) is 44.4 Å². The van der Waals surface area contributed by atoms with Crippen LogP contribution in [0, 0.1) is 10.6 Å². The first kappa shape index (κ1) is 21.3. The van der Waals surface area contributed by atoms with Crippen molar-refractivity contribution >= 4 is 23.8 Å². The highest BCUT2D eigenvalue weighted by molar-refractivity contribution is 7.71. The summed E-state index contributed by atoms with van der Waals surface area (Å²) in [4.78, 5) is 1.99. The monoisotopic (exact) mass is 436 g/mol. The summed E-state index contributed by atoms with van der Waals surface area (Å²) in [6.07, 6.45) is 0. The molecule has 1 aromatic heterocycles. The van der Waals surface area contributed by atoms with Gasteiger partial charge in [0.05, 0.1) is 18.8 Å². The number of aromatic nitrogens is 3. The van der Waals surface area contributed by atoms with E-state index < -0.39 is 0 Å². The van der Waals surface area contributed by atoms with Crippen LogP contribution in [0.4, 0.5) is 4.39 Å². The van der Waals surface area contributed by atoms with E-state index in [2.05, 4.69) is 5.10 Å². The summed E-state index contributed by atoms with van der Waals surface area (Å²) in [5, 5.41) is 5.09. The third-order valence-corrected chi connectivity index (χ3v) is 5.17. The summed E-state index contributed by atoms with van der Waals surface area (Å²) < 4.78 is 28.7. The van der Waals surface area contributed by atoms with Gasteiger partial charge in [-0.05, 0) is 49.1 Å². The van der Waals surface area contributed by atoms with Gasteiger partial charge >= 0.3 is 0 Å². The van der Waals surface area contributed by atoms with Crippen LogP contribution in [0.25, 0.3) is 0 Å². The summed E-state index contributed by atoms with van der Waals surface area (Å²) >= 11 is 11.6. The number of halogens is 2. The fourth-order valence-corrected chi connectivity index (χ4v) is 3.25. The number of ether oxygens (including phenoxy) is 2. The van der Waals surface area contributed by atoms with E-state index >= 15 is 0 Å². The number of benzene rings is 2. The number of nitrogens with zero attached hydrogens (tertiary/aromatic N) is 4. The molecule has 0 aliphatic heterocycles. The molecule has 0 aliphatic carbocycles. The lowest BCUT2D eigenvalue weighted by Crippen LogP contribution is -2.22. The second-order valence-electron chi connectivity index (χ2n) is 6.60. The third kappa shape index (κ3) is 5.14. The van der Waals surface area contributed by atoms with Crippen molar-refractivity contribution in [2.45, 2.75) is 19.8 Å². The number of rotatable bonds is 8. The average molecular weight is 437 g/mol. The molecule has 3 aromatic rings. The van der Waals surface area contributed by atoms with Crippen molar-refractivity contribution in [2.24, 2.45) is 7.05 Å². The van der Waals surface area contributed by atoms with Crippen molar-refractivity contribution in [1.29, 1.82) is 0 Å². The molecule has 0 saturated heterocycles. The zero-order valence-corrected chi connectivity index (χ0v) is 18.0. The highest BCUT2D eigenvalue weighted by Gasteiger charge is 2.12. The lowest BCUT2D eigenvalue weighted by molar-refractivity contribution is 0.240. The van der Waals surface area contributed by atoms with Crippen LogP contribution in [0.1, 0.15) is 11.4 Å². The van der Waals surface area contributed by atoms with Gasteiger partial charge in [0.25, 0.3) is 0 Å². The Balaban J connectivity index is 1.66. The van der Waals surface area contributed by atoms with Gasteiger partial charge in [0.15, 0.2) is 22.2 Å². The van der Waals surface area contributed by atoms with E-state index in [1.54, 1.807) is 27.4 Å². The minimum absolute atomic E-state index is 0.228. The molecule has 0 radical (unpaired) electrons. The van der Waals surface area contributed by atoms with Crippen molar-refractivity contribution in [2.75, 3.05) is 14.2 Å². The zero-order valence-electron chi connectivity index (χ0n) is 16.4. The van der Waals surface area contributed by atoms with Crippen LogP contribution >= 0.6 is 23.8 Å². The second kappa shape index (κ2) is 9.39. The highest BCUT2D eigenvalue weighted by atomic mass is 35.5. The maximum absolute atomic E-state index is 13.9. The molecule has 0 saturated carbocycles. The molecule has 29 heavy (non-hydrogen) atoms. The molecule has 9 heteroatoms. The fourth-order valence-electron chi connectivity index (χ4n) is 2.85. The van der Waals surface area contributed by atoms with E-state index in [0.717, 1.165) is 5.56 Å². The number of para-hydroxylation sites is 1. The Labute approximate surface area is 179 Å². The van der Waals surface area contributed by atoms with Crippen LogP contribution < -0.4 is 9.47 Å². The first-order chi connectivity index (χ1) is 13.9.